The topological polar surface area (TPSA) is 84.3 Å². The summed E-state index contributed by atoms with van der Waals surface area (Å²) in [5, 5.41) is 7.36. The van der Waals surface area contributed by atoms with E-state index in [2.05, 4.69) is 10.4 Å². The second kappa shape index (κ2) is 6.00. The Labute approximate surface area is 130 Å². The van der Waals surface area contributed by atoms with Crippen molar-refractivity contribution in [3.63, 3.8) is 0 Å². The van der Waals surface area contributed by atoms with Crippen molar-refractivity contribution in [3.05, 3.63) is 18.0 Å². The summed E-state index contributed by atoms with van der Waals surface area (Å²) in [5.41, 5.74) is 1.16. The number of sulfonamides is 1. The highest BCUT2D eigenvalue weighted by Crippen LogP contribution is 2.20. The van der Waals surface area contributed by atoms with Gasteiger partial charge >= 0.3 is 0 Å². The molecule has 0 bridgehead atoms. The molecule has 7 nitrogen and oxygen atoms in total. The van der Waals surface area contributed by atoms with Gasteiger partial charge in [-0.2, -0.15) is 5.10 Å². The van der Waals surface area contributed by atoms with Crippen molar-refractivity contribution in [2.24, 2.45) is 5.92 Å². The fourth-order valence-corrected chi connectivity index (χ4v) is 4.13. The Morgan fingerprint density at radius 3 is 2.68 bits per heavy atom. The first-order valence-corrected chi connectivity index (χ1v) is 9.54. The van der Waals surface area contributed by atoms with E-state index in [-0.39, 0.29) is 17.9 Å². The van der Waals surface area contributed by atoms with E-state index in [9.17, 15) is 13.2 Å². The number of nitrogens with one attached hydrogen (secondary N) is 1. The first-order valence-electron chi connectivity index (χ1n) is 7.69. The molecule has 0 spiro atoms. The number of hydrogen-bond donors (Lipinski definition) is 1. The largest absolute Gasteiger partial charge is 0.353 e. The standard InChI is InChI=1S/C14H22N4O3S/c1-22(20,21)17-7-3-11(4-8-17)14(19)16-12-5-9-18-13(10-12)2-6-15-18/h2,6,11-12H,3-5,7-10H2,1H3,(H,16,19)/t12-/m1/s1. The maximum absolute atomic E-state index is 12.4. The third-order valence-corrected chi connectivity index (χ3v) is 5.89. The number of fused-ring (bicyclic) bond motifs is 1. The Bertz CT molecular complexity index is 647. The summed E-state index contributed by atoms with van der Waals surface area (Å²) >= 11 is 0. The molecule has 0 unspecified atom stereocenters. The lowest BCUT2D eigenvalue weighted by Crippen LogP contribution is -2.46. The van der Waals surface area contributed by atoms with E-state index in [1.807, 2.05) is 10.7 Å². The molecule has 3 heterocycles. The molecule has 22 heavy (non-hydrogen) atoms. The van der Waals surface area contributed by atoms with Gasteiger partial charge in [0.25, 0.3) is 0 Å². The predicted octanol–water partition coefficient (Wildman–Crippen LogP) is -0.0143. The van der Waals surface area contributed by atoms with E-state index in [4.69, 9.17) is 0 Å². The minimum atomic E-state index is -3.14. The number of nitrogens with zero attached hydrogens (tertiary/aromatic N) is 3. The summed E-state index contributed by atoms with van der Waals surface area (Å²) in [6.07, 6.45) is 5.92. The fraction of sp³-hybridized carbons (Fsp3) is 0.714. The van der Waals surface area contributed by atoms with Crippen molar-refractivity contribution in [3.8, 4) is 0 Å². The molecular weight excluding hydrogens is 304 g/mol. The van der Waals surface area contributed by atoms with Crippen LogP contribution in [-0.2, 0) is 27.8 Å². The molecule has 1 amide bonds. The Hall–Kier alpha value is -1.41. The van der Waals surface area contributed by atoms with Gasteiger partial charge in [-0.1, -0.05) is 0 Å². The summed E-state index contributed by atoms with van der Waals surface area (Å²) in [4.78, 5) is 12.4. The van der Waals surface area contributed by atoms with Crippen LogP contribution >= 0.6 is 0 Å². The van der Waals surface area contributed by atoms with Crippen LogP contribution in [-0.4, -0.2) is 53.8 Å². The summed E-state index contributed by atoms with van der Waals surface area (Å²) < 4.78 is 26.4. The van der Waals surface area contributed by atoms with Gasteiger partial charge in [-0.05, 0) is 25.3 Å². The van der Waals surface area contributed by atoms with E-state index in [0.29, 0.717) is 25.9 Å². The normalized spacial score (nSPS) is 24.0. The molecule has 0 aliphatic carbocycles. The Kier molecular flexibility index (Phi) is 4.22. The lowest BCUT2D eigenvalue weighted by Gasteiger charge is -2.31. The zero-order valence-corrected chi connectivity index (χ0v) is 13.6. The number of carbonyl (C=O) groups is 1. The van der Waals surface area contributed by atoms with Crippen molar-refractivity contribution in [2.75, 3.05) is 19.3 Å². The third kappa shape index (κ3) is 3.33. The summed E-state index contributed by atoms with van der Waals surface area (Å²) in [7, 11) is -3.14. The highest BCUT2D eigenvalue weighted by atomic mass is 32.2. The molecule has 1 saturated heterocycles. The van der Waals surface area contributed by atoms with Crippen LogP contribution in [0.4, 0.5) is 0 Å². The molecule has 1 aromatic rings. The number of aryl methyl sites for hydroxylation is 1. The number of amides is 1. The number of rotatable bonds is 3. The summed E-state index contributed by atoms with van der Waals surface area (Å²) in [6.45, 7) is 1.71. The van der Waals surface area contributed by atoms with Gasteiger partial charge in [0, 0.05) is 49.9 Å². The average Bonchev–Trinajstić information content (AvgIpc) is 2.94. The van der Waals surface area contributed by atoms with Gasteiger partial charge in [0.2, 0.25) is 15.9 Å². The molecule has 1 fully saturated rings. The number of aromatic nitrogens is 2. The van der Waals surface area contributed by atoms with Gasteiger partial charge in [-0.3, -0.25) is 9.48 Å². The molecule has 2 aliphatic heterocycles. The average molecular weight is 326 g/mol. The van der Waals surface area contributed by atoms with Gasteiger partial charge < -0.3 is 5.32 Å². The molecule has 122 valence electrons. The van der Waals surface area contributed by atoms with E-state index < -0.39 is 10.0 Å². The molecule has 8 heteroatoms. The molecular formula is C14H22N4O3S. The van der Waals surface area contributed by atoms with Crippen molar-refractivity contribution in [1.82, 2.24) is 19.4 Å². The van der Waals surface area contributed by atoms with Gasteiger partial charge in [0.1, 0.15) is 0 Å². The third-order valence-electron chi connectivity index (χ3n) is 4.59. The molecule has 1 N–H and O–H groups in total. The van der Waals surface area contributed by atoms with Crippen LogP contribution in [0.25, 0.3) is 0 Å². The molecule has 1 aromatic heterocycles. The van der Waals surface area contributed by atoms with E-state index in [1.165, 1.54) is 10.6 Å². The van der Waals surface area contributed by atoms with Crippen molar-refractivity contribution < 1.29 is 13.2 Å². The number of hydrogen-bond acceptors (Lipinski definition) is 4. The predicted molar refractivity (Wildman–Crippen MR) is 81.6 cm³/mol. The smallest absolute Gasteiger partial charge is 0.223 e. The van der Waals surface area contributed by atoms with Crippen LogP contribution in [0.3, 0.4) is 0 Å². The van der Waals surface area contributed by atoms with Crippen molar-refractivity contribution >= 4 is 15.9 Å². The van der Waals surface area contributed by atoms with Crippen molar-refractivity contribution in [2.45, 2.75) is 38.3 Å². The lowest BCUT2D eigenvalue weighted by atomic mass is 9.95. The van der Waals surface area contributed by atoms with Crippen LogP contribution in [0.2, 0.25) is 0 Å². The monoisotopic (exact) mass is 326 g/mol. The highest BCUT2D eigenvalue weighted by molar-refractivity contribution is 7.88. The zero-order chi connectivity index (χ0) is 15.7. The minimum absolute atomic E-state index is 0.0612. The van der Waals surface area contributed by atoms with Gasteiger partial charge in [-0.25, -0.2) is 12.7 Å². The number of piperidine rings is 1. The van der Waals surface area contributed by atoms with Crippen LogP contribution < -0.4 is 5.32 Å². The highest BCUT2D eigenvalue weighted by Gasteiger charge is 2.30. The van der Waals surface area contributed by atoms with Gasteiger partial charge in [0.05, 0.1) is 6.26 Å². The maximum atomic E-state index is 12.4. The SMILES string of the molecule is CS(=O)(=O)N1CCC(C(=O)N[C@@H]2CCn3nccc3C2)CC1. The first kappa shape index (κ1) is 15.5. The van der Waals surface area contributed by atoms with Crippen LogP contribution in [0.5, 0.6) is 0 Å². The molecule has 0 radical (unpaired) electrons. The fourth-order valence-electron chi connectivity index (χ4n) is 3.26. The Morgan fingerprint density at radius 1 is 1.27 bits per heavy atom. The Morgan fingerprint density at radius 2 is 2.00 bits per heavy atom. The lowest BCUT2D eigenvalue weighted by molar-refractivity contribution is -0.127. The van der Waals surface area contributed by atoms with Crippen LogP contribution in [0, 0.1) is 5.92 Å². The zero-order valence-electron chi connectivity index (χ0n) is 12.7. The van der Waals surface area contributed by atoms with Crippen LogP contribution in [0.1, 0.15) is 25.0 Å². The summed E-state index contributed by atoms with van der Waals surface area (Å²) in [5.74, 6) is -0.0176. The van der Waals surface area contributed by atoms with E-state index in [0.717, 1.165) is 25.1 Å². The van der Waals surface area contributed by atoms with E-state index >= 15 is 0 Å². The molecule has 0 saturated carbocycles. The first-order chi connectivity index (χ1) is 10.4. The molecule has 0 aromatic carbocycles. The second-order valence-corrected chi connectivity index (χ2v) is 8.16. The summed E-state index contributed by atoms with van der Waals surface area (Å²) in [6, 6.07) is 2.15. The minimum Gasteiger partial charge on any atom is -0.353 e. The second-order valence-electron chi connectivity index (χ2n) is 6.18. The Balaban J connectivity index is 1.51. The molecule has 3 rings (SSSR count). The van der Waals surface area contributed by atoms with Crippen LogP contribution in [0.15, 0.2) is 12.3 Å². The number of carbonyl (C=O) groups excluding carboxylic acids is 1. The maximum Gasteiger partial charge on any atom is 0.223 e. The molecule has 2 aliphatic rings. The van der Waals surface area contributed by atoms with Gasteiger partial charge in [0.15, 0.2) is 0 Å². The quantitative estimate of drug-likeness (QED) is 0.846. The van der Waals surface area contributed by atoms with Gasteiger partial charge in [-0.15, -0.1) is 0 Å². The van der Waals surface area contributed by atoms with Crippen molar-refractivity contribution in [1.29, 1.82) is 0 Å². The molecule has 1 atom stereocenters. The van der Waals surface area contributed by atoms with E-state index in [1.54, 1.807) is 6.20 Å².